The maximum atomic E-state index is 11.8. The molecule has 0 radical (unpaired) electrons. The summed E-state index contributed by atoms with van der Waals surface area (Å²) in [5, 5.41) is 11.6. The third-order valence-electron chi connectivity index (χ3n) is 2.85. The molecule has 3 rings (SSSR count). The molecule has 0 aliphatic rings. The molecule has 4 nitrogen and oxygen atoms in total. The number of fused-ring (bicyclic) bond motifs is 3. The second-order valence-electron chi connectivity index (χ2n) is 3.96. The largest absolute Gasteiger partial charge is 0.510 e. The number of rotatable bonds is 0. The fourth-order valence-corrected chi connectivity index (χ4v) is 2.05. The van der Waals surface area contributed by atoms with Crippen LogP contribution in [0.5, 0.6) is 0 Å². The number of benzene rings is 1. The molecule has 4 heteroatoms. The van der Waals surface area contributed by atoms with E-state index in [0.29, 0.717) is 16.4 Å². The Morgan fingerprint density at radius 1 is 1.35 bits per heavy atom. The highest BCUT2D eigenvalue weighted by molar-refractivity contribution is 5.93. The number of pyridine rings is 1. The third kappa shape index (κ3) is 1.30. The van der Waals surface area contributed by atoms with Gasteiger partial charge in [0.05, 0.1) is 11.6 Å². The van der Waals surface area contributed by atoms with Gasteiger partial charge in [-0.3, -0.25) is 9.20 Å². The molecule has 0 unspecified atom stereocenters. The lowest BCUT2D eigenvalue weighted by Gasteiger charge is -1.99. The van der Waals surface area contributed by atoms with Gasteiger partial charge in [0.1, 0.15) is 16.8 Å². The molecule has 0 atom stereocenters. The third-order valence-corrected chi connectivity index (χ3v) is 2.85. The van der Waals surface area contributed by atoms with Crippen molar-refractivity contribution in [3.63, 3.8) is 0 Å². The van der Waals surface area contributed by atoms with Gasteiger partial charge >= 0.3 is 0 Å². The van der Waals surface area contributed by atoms with Gasteiger partial charge in [-0.25, -0.2) is 4.98 Å². The van der Waals surface area contributed by atoms with Crippen LogP contribution in [0.1, 0.15) is 6.92 Å². The van der Waals surface area contributed by atoms with Gasteiger partial charge in [0.25, 0.3) is 0 Å². The Bertz CT molecular complexity index is 830. The van der Waals surface area contributed by atoms with Crippen molar-refractivity contribution in [2.24, 2.45) is 0 Å². The summed E-state index contributed by atoms with van der Waals surface area (Å²) in [5.41, 5.74) is 0.525. The lowest BCUT2D eigenvalue weighted by Crippen LogP contribution is -2.12. The van der Waals surface area contributed by atoms with Crippen molar-refractivity contribution in [1.82, 2.24) is 9.38 Å². The zero-order valence-electron chi connectivity index (χ0n) is 9.21. The molecule has 1 aromatic carbocycles. The van der Waals surface area contributed by atoms with Crippen LogP contribution in [-0.2, 0) is 0 Å². The van der Waals surface area contributed by atoms with Gasteiger partial charge in [-0.05, 0) is 24.4 Å². The Morgan fingerprint density at radius 2 is 2.18 bits per heavy atom. The van der Waals surface area contributed by atoms with E-state index < -0.39 is 0 Å². The van der Waals surface area contributed by atoms with Crippen LogP contribution in [0.15, 0.2) is 41.5 Å². The Balaban J connectivity index is 2.68. The van der Waals surface area contributed by atoms with E-state index in [1.807, 2.05) is 12.1 Å². The summed E-state index contributed by atoms with van der Waals surface area (Å²) in [5.74, 6) is 0.181. The number of hydrogen-bond donors (Lipinski definition) is 1. The van der Waals surface area contributed by atoms with Crippen LogP contribution in [0.4, 0.5) is 0 Å². The molecule has 0 aliphatic carbocycles. The topological polar surface area (TPSA) is 54.6 Å². The molecule has 0 saturated heterocycles. The number of aromatic nitrogens is 2. The van der Waals surface area contributed by atoms with Crippen LogP contribution in [-0.4, -0.2) is 14.5 Å². The molecule has 84 valence electrons. The summed E-state index contributed by atoms with van der Waals surface area (Å²) in [7, 11) is 0. The molecule has 3 aromatic rings. The lowest BCUT2D eigenvalue weighted by atomic mass is 10.1. The Labute approximate surface area is 96.4 Å². The minimum Gasteiger partial charge on any atom is -0.510 e. The second kappa shape index (κ2) is 3.31. The van der Waals surface area contributed by atoms with Crippen LogP contribution in [0.2, 0.25) is 0 Å². The normalized spacial score (nSPS) is 13.2. The number of imidazole rings is 1. The Hall–Kier alpha value is -2.36. The monoisotopic (exact) mass is 226 g/mol. The summed E-state index contributed by atoms with van der Waals surface area (Å²) >= 11 is 0. The number of aliphatic hydroxyl groups excluding tert-OH is 1. The molecule has 2 heterocycles. The molecule has 0 bridgehead atoms. The van der Waals surface area contributed by atoms with E-state index in [1.165, 1.54) is 6.07 Å². The van der Waals surface area contributed by atoms with Crippen LogP contribution in [0.25, 0.3) is 22.2 Å². The smallest absolute Gasteiger partial charge is 0.190 e. The van der Waals surface area contributed by atoms with Crippen molar-refractivity contribution < 1.29 is 5.11 Å². The standard InChI is InChI=1S/C13H10N2O2/c1-8(16)10-7-14-13-12-9(5-6-15(10)13)3-2-4-11(12)17/h2-7,16H,1H3/b10-8-. The van der Waals surface area contributed by atoms with E-state index in [9.17, 15) is 9.90 Å². The molecule has 1 N–H and O–H groups in total. The SMILES string of the molecule is C/C(O)=c1\cnc2c3c(=O)cccc3ccn12. The maximum Gasteiger partial charge on any atom is 0.190 e. The summed E-state index contributed by atoms with van der Waals surface area (Å²) in [6, 6.07) is 6.97. The van der Waals surface area contributed by atoms with Crippen LogP contribution >= 0.6 is 0 Å². The zero-order chi connectivity index (χ0) is 12.0. The van der Waals surface area contributed by atoms with E-state index >= 15 is 0 Å². The molecule has 17 heavy (non-hydrogen) atoms. The van der Waals surface area contributed by atoms with Crippen molar-refractivity contribution in [3.05, 3.63) is 52.2 Å². The highest BCUT2D eigenvalue weighted by Gasteiger charge is 2.06. The summed E-state index contributed by atoms with van der Waals surface area (Å²) in [6.45, 7) is 1.59. The summed E-state index contributed by atoms with van der Waals surface area (Å²) < 4.78 is 1.72. The molecule has 0 saturated carbocycles. The number of aliphatic hydroxyl groups is 1. The fourth-order valence-electron chi connectivity index (χ4n) is 2.05. The summed E-state index contributed by atoms with van der Waals surface area (Å²) in [6.07, 6.45) is 3.37. The minimum absolute atomic E-state index is 0.0548. The van der Waals surface area contributed by atoms with Crippen molar-refractivity contribution >= 4 is 22.2 Å². The second-order valence-corrected chi connectivity index (χ2v) is 3.96. The first-order valence-electron chi connectivity index (χ1n) is 5.27. The molecular formula is C13H10N2O2. The quantitative estimate of drug-likeness (QED) is 0.627. The van der Waals surface area contributed by atoms with Crippen LogP contribution in [0.3, 0.4) is 0 Å². The summed E-state index contributed by atoms with van der Waals surface area (Å²) in [4.78, 5) is 16.1. The first kappa shape index (κ1) is 9.84. The Kier molecular flexibility index (Phi) is 1.92. The van der Waals surface area contributed by atoms with Gasteiger partial charge in [0.2, 0.25) is 0 Å². The van der Waals surface area contributed by atoms with Crippen molar-refractivity contribution in [1.29, 1.82) is 0 Å². The highest BCUT2D eigenvalue weighted by atomic mass is 16.3. The fraction of sp³-hybridized carbons (Fsp3) is 0.0769. The number of hydrogen-bond acceptors (Lipinski definition) is 3. The maximum absolute atomic E-state index is 11.8. The molecule has 0 spiro atoms. The van der Waals surface area contributed by atoms with Crippen LogP contribution < -0.4 is 10.8 Å². The van der Waals surface area contributed by atoms with Crippen molar-refractivity contribution in [2.45, 2.75) is 6.92 Å². The molecule has 0 aliphatic heterocycles. The predicted octanol–water partition coefficient (Wildman–Crippen LogP) is 1.25. The van der Waals surface area contributed by atoms with Crippen molar-refractivity contribution in [3.8, 4) is 0 Å². The minimum atomic E-state index is -0.0548. The molecule has 2 aromatic heterocycles. The zero-order valence-corrected chi connectivity index (χ0v) is 9.21. The van der Waals surface area contributed by atoms with Gasteiger partial charge < -0.3 is 5.11 Å². The van der Waals surface area contributed by atoms with Gasteiger partial charge in [-0.1, -0.05) is 12.1 Å². The van der Waals surface area contributed by atoms with Gasteiger partial charge in [0.15, 0.2) is 5.43 Å². The Morgan fingerprint density at radius 3 is 2.94 bits per heavy atom. The average Bonchev–Trinajstić information content (AvgIpc) is 2.72. The van der Waals surface area contributed by atoms with E-state index in [2.05, 4.69) is 4.98 Å². The molecule has 0 amide bonds. The first-order valence-corrected chi connectivity index (χ1v) is 5.27. The van der Waals surface area contributed by atoms with Gasteiger partial charge in [0, 0.05) is 6.20 Å². The van der Waals surface area contributed by atoms with Crippen LogP contribution in [0, 0.1) is 0 Å². The van der Waals surface area contributed by atoms with Crippen molar-refractivity contribution in [2.75, 3.05) is 0 Å². The highest BCUT2D eigenvalue weighted by Crippen LogP contribution is 2.13. The van der Waals surface area contributed by atoms with Gasteiger partial charge in [-0.2, -0.15) is 0 Å². The lowest BCUT2D eigenvalue weighted by molar-refractivity contribution is 0.496. The molecule has 0 fully saturated rings. The average molecular weight is 226 g/mol. The predicted molar refractivity (Wildman–Crippen MR) is 65.9 cm³/mol. The first-order chi connectivity index (χ1) is 8.18. The molecular weight excluding hydrogens is 216 g/mol. The van der Waals surface area contributed by atoms with Gasteiger partial charge in [-0.15, -0.1) is 0 Å². The van der Waals surface area contributed by atoms with E-state index in [1.54, 1.807) is 29.8 Å². The van der Waals surface area contributed by atoms with E-state index in [-0.39, 0.29) is 11.2 Å². The number of nitrogens with zero attached hydrogens (tertiary/aromatic N) is 2. The van der Waals surface area contributed by atoms with E-state index in [4.69, 9.17) is 0 Å². The van der Waals surface area contributed by atoms with E-state index in [0.717, 1.165) is 5.39 Å².